The lowest BCUT2D eigenvalue weighted by Gasteiger charge is -2.22. The predicted molar refractivity (Wildman–Crippen MR) is 117 cm³/mol. The van der Waals surface area contributed by atoms with E-state index in [1.54, 1.807) is 12.0 Å². The van der Waals surface area contributed by atoms with Crippen LogP contribution in [0.1, 0.15) is 40.1 Å². The van der Waals surface area contributed by atoms with Crippen LogP contribution in [-0.2, 0) is 6.54 Å². The molecular weight excluding hydrogens is 394 g/mol. The fourth-order valence-corrected chi connectivity index (χ4v) is 3.74. The van der Waals surface area contributed by atoms with E-state index in [-0.39, 0.29) is 5.91 Å². The smallest absolute Gasteiger partial charge is 0.259 e. The molecule has 0 saturated heterocycles. The van der Waals surface area contributed by atoms with E-state index >= 15 is 0 Å². The molecule has 1 aromatic carbocycles. The Morgan fingerprint density at radius 3 is 2.48 bits per heavy atom. The Morgan fingerprint density at radius 1 is 1.13 bits per heavy atom. The molecule has 0 atom stereocenters. The number of nitrogens with zero attached hydrogens (tertiary/aromatic N) is 3. The number of pyridine rings is 1. The molecule has 4 rings (SSSR count). The molecule has 7 nitrogen and oxygen atoms in total. The van der Waals surface area contributed by atoms with Crippen molar-refractivity contribution in [1.82, 2.24) is 15.0 Å². The zero-order valence-electron chi connectivity index (χ0n) is 18.4. The molecule has 7 heteroatoms. The van der Waals surface area contributed by atoms with Gasteiger partial charge in [0.25, 0.3) is 11.6 Å². The largest absolute Gasteiger partial charge is 0.497 e. The standard InChI is InChI=1S/C24H25N3O4/c1-6-27(13-17-7-9-18(29-5)10-8-17)24(28)20-12-21(19-11-14(2)30-16(19)4)25-23-22(20)15(3)26-31-23/h7-12H,6,13H2,1-5H3. The maximum Gasteiger partial charge on any atom is 0.259 e. The second-order valence-corrected chi connectivity index (χ2v) is 7.50. The zero-order valence-corrected chi connectivity index (χ0v) is 18.4. The number of amides is 1. The Labute approximate surface area is 180 Å². The van der Waals surface area contributed by atoms with Crippen LogP contribution in [0.15, 0.2) is 45.3 Å². The van der Waals surface area contributed by atoms with Gasteiger partial charge in [0.15, 0.2) is 0 Å². The highest BCUT2D eigenvalue weighted by atomic mass is 16.5. The summed E-state index contributed by atoms with van der Waals surface area (Å²) in [4.78, 5) is 20.0. The number of carbonyl (C=O) groups excluding carboxylic acids is 1. The van der Waals surface area contributed by atoms with Crippen molar-refractivity contribution in [3.63, 3.8) is 0 Å². The minimum Gasteiger partial charge on any atom is -0.497 e. The van der Waals surface area contributed by atoms with Crippen LogP contribution >= 0.6 is 0 Å². The summed E-state index contributed by atoms with van der Waals surface area (Å²) < 4.78 is 16.3. The van der Waals surface area contributed by atoms with Crippen LogP contribution in [0.25, 0.3) is 22.4 Å². The molecule has 0 aliphatic rings. The highest BCUT2D eigenvalue weighted by molar-refractivity contribution is 6.07. The van der Waals surface area contributed by atoms with E-state index in [9.17, 15) is 4.79 Å². The zero-order chi connectivity index (χ0) is 22.1. The fraction of sp³-hybridized carbons (Fsp3) is 0.292. The third kappa shape index (κ3) is 3.91. The van der Waals surface area contributed by atoms with E-state index in [1.165, 1.54) is 0 Å². The third-order valence-electron chi connectivity index (χ3n) is 5.37. The summed E-state index contributed by atoms with van der Waals surface area (Å²) in [6, 6.07) is 11.4. The van der Waals surface area contributed by atoms with Crippen molar-refractivity contribution >= 4 is 17.0 Å². The molecule has 0 fully saturated rings. The molecule has 0 bridgehead atoms. The molecule has 31 heavy (non-hydrogen) atoms. The van der Waals surface area contributed by atoms with E-state index in [0.29, 0.717) is 41.1 Å². The van der Waals surface area contributed by atoms with Crippen molar-refractivity contribution in [2.24, 2.45) is 0 Å². The maximum atomic E-state index is 13.6. The maximum absolute atomic E-state index is 13.6. The number of aromatic nitrogens is 2. The van der Waals surface area contributed by atoms with Crippen LogP contribution in [0, 0.1) is 20.8 Å². The number of methoxy groups -OCH3 is 1. The second-order valence-electron chi connectivity index (χ2n) is 7.50. The van der Waals surface area contributed by atoms with Crippen LogP contribution in [0.2, 0.25) is 0 Å². The van der Waals surface area contributed by atoms with Gasteiger partial charge in [0.2, 0.25) is 0 Å². The highest BCUT2D eigenvalue weighted by Crippen LogP contribution is 2.31. The Bertz CT molecular complexity index is 1240. The van der Waals surface area contributed by atoms with Crippen LogP contribution < -0.4 is 4.74 Å². The summed E-state index contributed by atoms with van der Waals surface area (Å²) in [5, 5.41) is 4.68. The molecule has 0 saturated carbocycles. The number of hydrogen-bond donors (Lipinski definition) is 0. The van der Waals surface area contributed by atoms with Crippen LogP contribution in [0.4, 0.5) is 0 Å². The lowest BCUT2D eigenvalue weighted by Crippen LogP contribution is -2.30. The number of furan rings is 1. The van der Waals surface area contributed by atoms with Gasteiger partial charge in [0.05, 0.1) is 29.4 Å². The molecule has 0 aliphatic carbocycles. The number of hydrogen-bond acceptors (Lipinski definition) is 6. The van der Waals surface area contributed by atoms with E-state index in [1.807, 2.05) is 64.1 Å². The molecule has 3 aromatic heterocycles. The monoisotopic (exact) mass is 419 g/mol. The van der Waals surface area contributed by atoms with Crippen molar-refractivity contribution in [1.29, 1.82) is 0 Å². The SMILES string of the molecule is CCN(Cc1ccc(OC)cc1)C(=O)c1cc(-c2cc(C)oc2C)nc2onc(C)c12. The van der Waals surface area contributed by atoms with Crippen molar-refractivity contribution in [2.75, 3.05) is 13.7 Å². The Balaban J connectivity index is 1.76. The van der Waals surface area contributed by atoms with Gasteiger partial charge >= 0.3 is 0 Å². The average molecular weight is 419 g/mol. The van der Waals surface area contributed by atoms with Gasteiger partial charge in [-0.05, 0) is 57.5 Å². The lowest BCUT2D eigenvalue weighted by molar-refractivity contribution is 0.0754. The molecule has 0 unspecified atom stereocenters. The normalized spacial score (nSPS) is 11.1. The quantitative estimate of drug-likeness (QED) is 0.434. The number of rotatable bonds is 6. The van der Waals surface area contributed by atoms with Crippen LogP contribution in [0.5, 0.6) is 5.75 Å². The van der Waals surface area contributed by atoms with Gasteiger partial charge in [-0.25, -0.2) is 4.98 Å². The summed E-state index contributed by atoms with van der Waals surface area (Å²) in [5.74, 6) is 2.20. The summed E-state index contributed by atoms with van der Waals surface area (Å²) in [7, 11) is 1.63. The van der Waals surface area contributed by atoms with Gasteiger partial charge < -0.3 is 18.6 Å². The van der Waals surface area contributed by atoms with E-state index < -0.39 is 0 Å². The summed E-state index contributed by atoms with van der Waals surface area (Å²) >= 11 is 0. The first-order valence-corrected chi connectivity index (χ1v) is 10.2. The number of benzene rings is 1. The molecule has 0 N–H and O–H groups in total. The van der Waals surface area contributed by atoms with E-state index in [2.05, 4.69) is 10.1 Å². The Morgan fingerprint density at radius 2 is 1.87 bits per heavy atom. The highest BCUT2D eigenvalue weighted by Gasteiger charge is 2.24. The van der Waals surface area contributed by atoms with Crippen molar-refractivity contribution < 1.29 is 18.5 Å². The molecule has 3 heterocycles. The first-order chi connectivity index (χ1) is 14.9. The minimum absolute atomic E-state index is 0.101. The van der Waals surface area contributed by atoms with Crippen molar-refractivity contribution in [2.45, 2.75) is 34.2 Å². The molecule has 1 amide bonds. The average Bonchev–Trinajstić information content (AvgIpc) is 3.32. The van der Waals surface area contributed by atoms with Crippen LogP contribution in [-0.4, -0.2) is 34.6 Å². The number of ether oxygens (including phenoxy) is 1. The molecule has 0 aliphatic heterocycles. The molecule has 0 spiro atoms. The molecular formula is C24H25N3O4. The van der Waals surface area contributed by atoms with Gasteiger partial charge in [-0.3, -0.25) is 4.79 Å². The Hall–Kier alpha value is -3.61. The molecule has 4 aromatic rings. The summed E-state index contributed by atoms with van der Waals surface area (Å²) in [6.07, 6.45) is 0. The van der Waals surface area contributed by atoms with Crippen LogP contribution in [0.3, 0.4) is 0 Å². The fourth-order valence-electron chi connectivity index (χ4n) is 3.74. The topological polar surface area (TPSA) is 81.6 Å². The van der Waals surface area contributed by atoms with E-state index in [4.69, 9.17) is 13.7 Å². The van der Waals surface area contributed by atoms with Gasteiger partial charge in [-0.2, -0.15) is 0 Å². The molecule has 160 valence electrons. The Kier molecular flexibility index (Phi) is 5.50. The number of aryl methyl sites for hydroxylation is 3. The summed E-state index contributed by atoms with van der Waals surface area (Å²) in [6.45, 7) is 8.57. The van der Waals surface area contributed by atoms with Crippen molar-refractivity contribution in [3.8, 4) is 17.0 Å². The first-order valence-electron chi connectivity index (χ1n) is 10.2. The van der Waals surface area contributed by atoms with Gasteiger partial charge in [-0.15, -0.1) is 0 Å². The van der Waals surface area contributed by atoms with Gasteiger partial charge in [0, 0.05) is 18.7 Å². The summed E-state index contributed by atoms with van der Waals surface area (Å²) in [5.41, 5.74) is 3.98. The van der Waals surface area contributed by atoms with Gasteiger partial charge in [-0.1, -0.05) is 17.3 Å². The number of fused-ring (bicyclic) bond motifs is 1. The van der Waals surface area contributed by atoms with Gasteiger partial charge in [0.1, 0.15) is 17.3 Å². The molecule has 0 radical (unpaired) electrons. The minimum atomic E-state index is -0.101. The predicted octanol–water partition coefficient (Wildman–Crippen LogP) is 5.08. The first kappa shape index (κ1) is 20.7. The second kappa shape index (κ2) is 8.26. The number of carbonyl (C=O) groups is 1. The lowest BCUT2D eigenvalue weighted by atomic mass is 10.0. The van der Waals surface area contributed by atoms with Crippen molar-refractivity contribution in [3.05, 3.63) is 64.7 Å². The third-order valence-corrected chi connectivity index (χ3v) is 5.37. The van der Waals surface area contributed by atoms with E-state index in [0.717, 1.165) is 28.4 Å².